The van der Waals surface area contributed by atoms with E-state index in [0.717, 1.165) is 0 Å². The van der Waals surface area contributed by atoms with Crippen LogP contribution in [0.25, 0.3) is 0 Å². The van der Waals surface area contributed by atoms with Gasteiger partial charge in [0.05, 0.1) is 4.92 Å². The fourth-order valence-electron chi connectivity index (χ4n) is 1.43. The minimum Gasteiger partial charge on any atom is -0.326 e. The molecule has 0 radical (unpaired) electrons. The zero-order valence-corrected chi connectivity index (χ0v) is 11.2. The Morgan fingerprint density at radius 2 is 2.06 bits per heavy atom. The van der Waals surface area contributed by atoms with Crippen molar-refractivity contribution >= 4 is 33.2 Å². The van der Waals surface area contributed by atoms with Gasteiger partial charge in [0.25, 0.3) is 5.69 Å². The van der Waals surface area contributed by atoms with Gasteiger partial charge < -0.3 is 5.32 Å². The van der Waals surface area contributed by atoms with Crippen LogP contribution in [0, 0.1) is 24.0 Å². The Kier molecular flexibility index (Phi) is 4.62. The Hall–Kier alpha value is -1.43. The normalized spacial score (nSPS) is 10.1. The van der Waals surface area contributed by atoms with Crippen LogP contribution in [0.4, 0.5) is 11.4 Å². The third-order valence-electron chi connectivity index (χ3n) is 2.34. The van der Waals surface area contributed by atoms with E-state index in [1.807, 2.05) is 0 Å². The van der Waals surface area contributed by atoms with Crippen molar-refractivity contribution in [2.45, 2.75) is 20.3 Å². The van der Waals surface area contributed by atoms with Crippen molar-refractivity contribution in [2.24, 2.45) is 0 Å². The van der Waals surface area contributed by atoms with Crippen LogP contribution >= 0.6 is 15.9 Å². The molecule has 1 aromatic rings. The van der Waals surface area contributed by atoms with Crippen molar-refractivity contribution in [3.05, 3.63) is 33.4 Å². The van der Waals surface area contributed by atoms with Gasteiger partial charge in [0.1, 0.15) is 0 Å². The summed E-state index contributed by atoms with van der Waals surface area (Å²) in [6, 6.07) is 3.10. The SMILES string of the molecule is Cc1cc([N+](=O)[O-])c(C)cc1NC(=O)CCBr. The number of nitro benzene ring substituents is 1. The number of nitrogens with one attached hydrogen (secondary N) is 1. The maximum absolute atomic E-state index is 11.4. The van der Waals surface area contributed by atoms with Gasteiger partial charge in [0.2, 0.25) is 5.91 Å². The zero-order valence-electron chi connectivity index (χ0n) is 9.62. The van der Waals surface area contributed by atoms with Crippen LogP contribution in [-0.2, 0) is 4.79 Å². The molecule has 1 rings (SSSR count). The monoisotopic (exact) mass is 300 g/mol. The summed E-state index contributed by atoms with van der Waals surface area (Å²) >= 11 is 3.18. The van der Waals surface area contributed by atoms with Crippen molar-refractivity contribution < 1.29 is 9.72 Å². The molecular formula is C11H13BrN2O3. The summed E-state index contributed by atoms with van der Waals surface area (Å²) in [6.07, 6.45) is 0.371. The molecule has 0 atom stereocenters. The number of hydrogen-bond acceptors (Lipinski definition) is 3. The molecular weight excluding hydrogens is 288 g/mol. The topological polar surface area (TPSA) is 72.2 Å². The van der Waals surface area contributed by atoms with Crippen LogP contribution in [0.2, 0.25) is 0 Å². The van der Waals surface area contributed by atoms with Crippen molar-refractivity contribution in [3.63, 3.8) is 0 Å². The molecule has 1 amide bonds. The number of rotatable bonds is 4. The summed E-state index contributed by atoms with van der Waals surface area (Å²) in [5, 5.41) is 14.0. The molecule has 1 aromatic carbocycles. The van der Waals surface area contributed by atoms with E-state index < -0.39 is 4.92 Å². The van der Waals surface area contributed by atoms with Gasteiger partial charge in [-0.1, -0.05) is 15.9 Å². The fraction of sp³-hybridized carbons (Fsp3) is 0.364. The van der Waals surface area contributed by atoms with Crippen molar-refractivity contribution in [2.75, 3.05) is 10.6 Å². The molecule has 0 unspecified atom stereocenters. The lowest BCUT2D eigenvalue weighted by Crippen LogP contribution is -2.13. The van der Waals surface area contributed by atoms with Gasteiger partial charge in [0, 0.05) is 29.1 Å². The fourth-order valence-corrected chi connectivity index (χ4v) is 1.79. The lowest BCUT2D eigenvalue weighted by atomic mass is 10.1. The average molecular weight is 301 g/mol. The zero-order chi connectivity index (χ0) is 13.0. The number of benzene rings is 1. The second kappa shape index (κ2) is 5.77. The Morgan fingerprint density at radius 3 is 2.59 bits per heavy atom. The summed E-state index contributed by atoms with van der Waals surface area (Å²) in [6.45, 7) is 3.38. The Labute approximate surface area is 107 Å². The minimum atomic E-state index is -0.424. The van der Waals surface area contributed by atoms with E-state index in [0.29, 0.717) is 28.6 Å². The number of anilines is 1. The first-order valence-electron chi connectivity index (χ1n) is 5.07. The van der Waals surface area contributed by atoms with Crippen LogP contribution in [-0.4, -0.2) is 16.2 Å². The molecule has 0 spiro atoms. The molecule has 0 aliphatic heterocycles. The summed E-state index contributed by atoms with van der Waals surface area (Å²) in [5.41, 5.74) is 1.92. The smallest absolute Gasteiger partial charge is 0.272 e. The second-order valence-electron chi connectivity index (χ2n) is 3.70. The van der Waals surface area contributed by atoms with Crippen molar-refractivity contribution in [3.8, 4) is 0 Å². The summed E-state index contributed by atoms with van der Waals surface area (Å²) in [5.74, 6) is -0.113. The molecule has 0 heterocycles. The molecule has 5 nitrogen and oxygen atoms in total. The van der Waals surface area contributed by atoms with Crippen LogP contribution < -0.4 is 5.32 Å². The molecule has 0 saturated carbocycles. The third kappa shape index (κ3) is 3.52. The molecule has 0 fully saturated rings. The number of halogens is 1. The maximum atomic E-state index is 11.4. The number of carbonyl (C=O) groups excluding carboxylic acids is 1. The number of nitrogens with zero attached hydrogens (tertiary/aromatic N) is 1. The lowest BCUT2D eigenvalue weighted by Gasteiger charge is -2.09. The first-order valence-corrected chi connectivity index (χ1v) is 6.19. The van der Waals surface area contributed by atoms with E-state index in [4.69, 9.17) is 0 Å². The number of hydrogen-bond donors (Lipinski definition) is 1. The van der Waals surface area contributed by atoms with Gasteiger partial charge in [0.15, 0.2) is 0 Å². The first-order chi connectivity index (χ1) is 7.95. The highest BCUT2D eigenvalue weighted by atomic mass is 79.9. The lowest BCUT2D eigenvalue weighted by molar-refractivity contribution is -0.385. The van der Waals surface area contributed by atoms with Gasteiger partial charge in [-0.05, 0) is 25.5 Å². The molecule has 17 heavy (non-hydrogen) atoms. The van der Waals surface area contributed by atoms with E-state index in [2.05, 4.69) is 21.2 Å². The molecule has 0 aromatic heterocycles. The number of nitro groups is 1. The maximum Gasteiger partial charge on any atom is 0.272 e. The Morgan fingerprint density at radius 1 is 1.41 bits per heavy atom. The second-order valence-corrected chi connectivity index (χ2v) is 4.49. The quantitative estimate of drug-likeness (QED) is 0.528. The van der Waals surface area contributed by atoms with E-state index in [-0.39, 0.29) is 11.6 Å². The summed E-state index contributed by atoms with van der Waals surface area (Å²) in [7, 11) is 0. The largest absolute Gasteiger partial charge is 0.326 e. The summed E-state index contributed by atoms with van der Waals surface area (Å²) in [4.78, 5) is 21.7. The molecule has 0 saturated heterocycles. The van der Waals surface area contributed by atoms with Gasteiger partial charge in [-0.2, -0.15) is 0 Å². The molecule has 92 valence electrons. The van der Waals surface area contributed by atoms with Crippen molar-refractivity contribution in [1.29, 1.82) is 0 Å². The molecule has 6 heteroatoms. The highest BCUT2D eigenvalue weighted by molar-refractivity contribution is 9.09. The van der Waals surface area contributed by atoms with Crippen LogP contribution in [0.15, 0.2) is 12.1 Å². The highest BCUT2D eigenvalue weighted by Gasteiger charge is 2.14. The van der Waals surface area contributed by atoms with E-state index >= 15 is 0 Å². The standard InChI is InChI=1S/C11H13BrN2O3/c1-7-6-10(14(16)17)8(2)5-9(7)13-11(15)3-4-12/h5-6H,3-4H2,1-2H3,(H,13,15). The third-order valence-corrected chi connectivity index (χ3v) is 2.73. The Bertz CT molecular complexity index is 460. The van der Waals surface area contributed by atoms with E-state index in [1.165, 1.54) is 6.07 Å². The molecule has 0 aliphatic carbocycles. The number of alkyl halides is 1. The molecule has 0 aliphatic rings. The first kappa shape index (κ1) is 13.6. The Balaban J connectivity index is 2.99. The van der Waals surface area contributed by atoms with Crippen LogP contribution in [0.3, 0.4) is 0 Å². The summed E-state index contributed by atoms with van der Waals surface area (Å²) < 4.78 is 0. The predicted molar refractivity (Wildman–Crippen MR) is 69.6 cm³/mol. The van der Waals surface area contributed by atoms with E-state index in [9.17, 15) is 14.9 Å². The highest BCUT2D eigenvalue weighted by Crippen LogP contribution is 2.25. The van der Waals surface area contributed by atoms with Crippen LogP contribution in [0.1, 0.15) is 17.5 Å². The van der Waals surface area contributed by atoms with Gasteiger partial charge in [-0.3, -0.25) is 14.9 Å². The molecule has 1 N–H and O–H groups in total. The van der Waals surface area contributed by atoms with E-state index in [1.54, 1.807) is 19.9 Å². The van der Waals surface area contributed by atoms with Gasteiger partial charge in [-0.15, -0.1) is 0 Å². The number of amides is 1. The number of aryl methyl sites for hydroxylation is 2. The van der Waals surface area contributed by atoms with Gasteiger partial charge >= 0.3 is 0 Å². The van der Waals surface area contributed by atoms with Crippen LogP contribution in [0.5, 0.6) is 0 Å². The van der Waals surface area contributed by atoms with Gasteiger partial charge in [-0.25, -0.2) is 0 Å². The number of carbonyl (C=O) groups is 1. The molecule has 0 bridgehead atoms. The predicted octanol–water partition coefficient (Wildman–Crippen LogP) is 2.94. The minimum absolute atomic E-state index is 0.0704. The average Bonchev–Trinajstić information content (AvgIpc) is 2.22. The van der Waals surface area contributed by atoms with Crippen molar-refractivity contribution in [1.82, 2.24) is 0 Å².